The van der Waals surface area contributed by atoms with Gasteiger partial charge < -0.3 is 10.5 Å². The van der Waals surface area contributed by atoms with E-state index in [0.29, 0.717) is 11.4 Å². The third-order valence-electron chi connectivity index (χ3n) is 5.29. The van der Waals surface area contributed by atoms with E-state index >= 15 is 0 Å². The van der Waals surface area contributed by atoms with Crippen molar-refractivity contribution in [2.24, 2.45) is 0 Å². The second-order valence-electron chi connectivity index (χ2n) is 7.70. The third-order valence-corrected chi connectivity index (χ3v) is 5.29. The van der Waals surface area contributed by atoms with Crippen molar-refractivity contribution in [2.75, 3.05) is 5.73 Å². The normalized spacial score (nSPS) is 12.2. The Balaban J connectivity index is 2.53. The van der Waals surface area contributed by atoms with Crippen LogP contribution in [-0.4, -0.2) is 4.98 Å². The van der Waals surface area contributed by atoms with Crippen LogP contribution in [0.4, 0.5) is 5.69 Å². The van der Waals surface area contributed by atoms with Gasteiger partial charge >= 0.3 is 0 Å². The Morgan fingerprint density at radius 3 is 2.21 bits per heavy atom. The lowest BCUT2D eigenvalue weighted by atomic mass is 9.76. The minimum absolute atomic E-state index is 0.0248. The highest BCUT2D eigenvalue weighted by atomic mass is 16.5. The largest absolute Gasteiger partial charge is 0.455 e. The summed E-state index contributed by atoms with van der Waals surface area (Å²) in [4.78, 5) is 4.03. The second kappa shape index (κ2) is 6.84. The Kier molecular flexibility index (Phi) is 5.22. The number of benzene rings is 1. The number of rotatable bonds is 6. The van der Waals surface area contributed by atoms with Crippen LogP contribution in [-0.2, 0) is 10.8 Å². The van der Waals surface area contributed by atoms with E-state index in [1.807, 2.05) is 6.07 Å². The van der Waals surface area contributed by atoms with E-state index in [1.165, 1.54) is 11.1 Å². The molecule has 24 heavy (non-hydrogen) atoms. The number of hydrogen-bond acceptors (Lipinski definition) is 3. The summed E-state index contributed by atoms with van der Waals surface area (Å²) in [5.74, 6) is 1.52. The smallest absolute Gasteiger partial charge is 0.153 e. The average molecular weight is 326 g/mol. The van der Waals surface area contributed by atoms with Gasteiger partial charge in [-0.15, -0.1) is 0 Å². The summed E-state index contributed by atoms with van der Waals surface area (Å²) in [7, 11) is 0. The zero-order valence-electron chi connectivity index (χ0n) is 15.8. The van der Waals surface area contributed by atoms with Crippen LogP contribution >= 0.6 is 0 Å². The van der Waals surface area contributed by atoms with Crippen LogP contribution in [0.25, 0.3) is 0 Å². The average Bonchev–Trinajstić information content (AvgIpc) is 2.57. The van der Waals surface area contributed by atoms with Gasteiger partial charge in [-0.05, 0) is 35.3 Å². The molecule has 2 rings (SSSR count). The van der Waals surface area contributed by atoms with E-state index in [0.717, 1.165) is 18.6 Å². The molecule has 0 fully saturated rings. The first-order valence-electron chi connectivity index (χ1n) is 8.73. The van der Waals surface area contributed by atoms with Gasteiger partial charge in [0.15, 0.2) is 5.75 Å². The monoisotopic (exact) mass is 326 g/mol. The van der Waals surface area contributed by atoms with Crippen LogP contribution in [0.15, 0.2) is 36.7 Å². The molecular weight excluding hydrogens is 296 g/mol. The number of nitrogen functional groups attached to an aromatic ring is 1. The highest BCUT2D eigenvalue weighted by Crippen LogP contribution is 2.40. The van der Waals surface area contributed by atoms with Crippen molar-refractivity contribution in [2.45, 2.75) is 65.2 Å². The standard InChI is InChI=1S/C21H30N2O/c1-7-20(3,4)15-9-10-18(16(13-15)21(5,6)8-2)24-19-11-12-23-14-17(19)22/h9-14H,7-8,22H2,1-6H3. The maximum Gasteiger partial charge on any atom is 0.153 e. The molecule has 1 heterocycles. The Bertz CT molecular complexity index is 705. The van der Waals surface area contributed by atoms with Gasteiger partial charge in [-0.1, -0.05) is 53.7 Å². The van der Waals surface area contributed by atoms with E-state index in [4.69, 9.17) is 10.5 Å². The minimum Gasteiger partial charge on any atom is -0.455 e. The lowest BCUT2D eigenvalue weighted by Crippen LogP contribution is -2.20. The zero-order valence-corrected chi connectivity index (χ0v) is 15.8. The summed E-state index contributed by atoms with van der Waals surface area (Å²) in [6.45, 7) is 13.5. The number of hydrogen-bond donors (Lipinski definition) is 1. The number of anilines is 1. The highest BCUT2D eigenvalue weighted by Gasteiger charge is 2.27. The molecule has 0 aliphatic rings. The van der Waals surface area contributed by atoms with Gasteiger partial charge in [0.1, 0.15) is 5.75 Å². The maximum absolute atomic E-state index is 6.16. The van der Waals surface area contributed by atoms with Crippen LogP contribution in [0.5, 0.6) is 11.5 Å². The van der Waals surface area contributed by atoms with Gasteiger partial charge in [0.25, 0.3) is 0 Å². The number of pyridine rings is 1. The predicted molar refractivity (Wildman–Crippen MR) is 102 cm³/mol. The third kappa shape index (κ3) is 3.72. The number of nitrogens with zero attached hydrogens (tertiary/aromatic N) is 1. The van der Waals surface area contributed by atoms with E-state index in [1.54, 1.807) is 12.4 Å². The fourth-order valence-electron chi connectivity index (χ4n) is 2.57. The van der Waals surface area contributed by atoms with Crippen molar-refractivity contribution in [1.29, 1.82) is 0 Å². The number of nitrogens with two attached hydrogens (primary N) is 1. The molecule has 0 spiro atoms. The SMILES string of the molecule is CCC(C)(C)c1ccc(Oc2ccncc2N)c(C(C)(C)CC)c1. The Morgan fingerprint density at radius 1 is 0.958 bits per heavy atom. The molecule has 1 aromatic carbocycles. The van der Waals surface area contributed by atoms with E-state index < -0.39 is 0 Å². The molecule has 0 saturated heterocycles. The first-order chi connectivity index (χ1) is 11.2. The van der Waals surface area contributed by atoms with Gasteiger partial charge in [-0.25, -0.2) is 0 Å². The molecule has 3 nitrogen and oxygen atoms in total. The predicted octanol–water partition coefficient (Wildman–Crippen LogP) is 5.83. The van der Waals surface area contributed by atoms with Crippen molar-refractivity contribution in [3.05, 3.63) is 47.8 Å². The summed E-state index contributed by atoms with van der Waals surface area (Å²) >= 11 is 0. The molecule has 0 aliphatic heterocycles. The topological polar surface area (TPSA) is 48.1 Å². The van der Waals surface area contributed by atoms with E-state index in [2.05, 4.69) is 64.7 Å². The van der Waals surface area contributed by atoms with Crippen LogP contribution in [0.3, 0.4) is 0 Å². The minimum atomic E-state index is 0.0248. The lowest BCUT2D eigenvalue weighted by Gasteiger charge is -2.30. The lowest BCUT2D eigenvalue weighted by molar-refractivity contribution is 0.433. The Morgan fingerprint density at radius 2 is 1.62 bits per heavy atom. The summed E-state index contributed by atoms with van der Waals surface area (Å²) in [5.41, 5.74) is 9.28. The van der Waals surface area contributed by atoms with Gasteiger partial charge in [-0.2, -0.15) is 0 Å². The van der Waals surface area contributed by atoms with Crippen LogP contribution in [0.2, 0.25) is 0 Å². The number of aromatic nitrogens is 1. The van der Waals surface area contributed by atoms with Crippen molar-refractivity contribution < 1.29 is 4.74 Å². The molecule has 0 unspecified atom stereocenters. The fraction of sp³-hybridized carbons (Fsp3) is 0.476. The van der Waals surface area contributed by atoms with Crippen molar-refractivity contribution >= 4 is 5.69 Å². The number of ether oxygens (including phenoxy) is 1. The van der Waals surface area contributed by atoms with E-state index in [-0.39, 0.29) is 10.8 Å². The van der Waals surface area contributed by atoms with Crippen LogP contribution in [0, 0.1) is 0 Å². The first-order valence-corrected chi connectivity index (χ1v) is 8.73. The van der Waals surface area contributed by atoms with Gasteiger partial charge in [0, 0.05) is 17.8 Å². The van der Waals surface area contributed by atoms with Gasteiger partial charge in [-0.3, -0.25) is 4.98 Å². The molecule has 0 aliphatic carbocycles. The first kappa shape index (κ1) is 18.3. The van der Waals surface area contributed by atoms with Gasteiger partial charge in [0.05, 0.1) is 11.9 Å². The molecule has 0 atom stereocenters. The summed E-state index contributed by atoms with van der Waals surface area (Å²) in [6, 6.07) is 8.37. The molecular formula is C21H30N2O. The molecule has 130 valence electrons. The maximum atomic E-state index is 6.16. The molecule has 0 radical (unpaired) electrons. The Labute approximate surface area is 146 Å². The highest BCUT2D eigenvalue weighted by molar-refractivity contribution is 5.53. The molecule has 0 amide bonds. The summed E-state index contributed by atoms with van der Waals surface area (Å²) < 4.78 is 6.16. The second-order valence-corrected chi connectivity index (χ2v) is 7.70. The van der Waals surface area contributed by atoms with Crippen molar-refractivity contribution in [1.82, 2.24) is 4.98 Å². The van der Waals surface area contributed by atoms with Crippen LogP contribution < -0.4 is 10.5 Å². The quantitative estimate of drug-likeness (QED) is 0.726. The van der Waals surface area contributed by atoms with Crippen molar-refractivity contribution in [3.63, 3.8) is 0 Å². The molecule has 1 aromatic heterocycles. The van der Waals surface area contributed by atoms with Gasteiger partial charge in [0.2, 0.25) is 0 Å². The zero-order chi connectivity index (χ0) is 18.0. The summed E-state index contributed by atoms with van der Waals surface area (Å²) in [6.07, 6.45) is 5.45. The molecule has 2 aromatic rings. The Hall–Kier alpha value is -2.03. The summed E-state index contributed by atoms with van der Waals surface area (Å²) in [5, 5.41) is 0. The molecule has 3 heteroatoms. The van der Waals surface area contributed by atoms with Crippen molar-refractivity contribution in [3.8, 4) is 11.5 Å². The van der Waals surface area contributed by atoms with Crippen LogP contribution in [0.1, 0.15) is 65.5 Å². The molecule has 0 bridgehead atoms. The molecule has 0 saturated carbocycles. The molecule has 2 N–H and O–H groups in total. The van der Waals surface area contributed by atoms with E-state index in [9.17, 15) is 0 Å². The fourth-order valence-corrected chi connectivity index (χ4v) is 2.57.